The monoisotopic (exact) mass is 365 g/mol. The van der Waals surface area contributed by atoms with E-state index in [4.69, 9.17) is 32.7 Å². The normalized spacial score (nSPS) is 12.2. The van der Waals surface area contributed by atoms with Crippen molar-refractivity contribution in [3.8, 4) is 11.5 Å². The van der Waals surface area contributed by atoms with Gasteiger partial charge in [-0.2, -0.15) is 0 Å². The predicted octanol–water partition coefficient (Wildman–Crippen LogP) is 4.01. The van der Waals surface area contributed by atoms with Gasteiger partial charge in [0.25, 0.3) is 0 Å². The Balaban J connectivity index is 1.43. The molecule has 0 aromatic heterocycles. The molecule has 1 heterocycles. The van der Waals surface area contributed by atoms with E-state index in [1.165, 1.54) is 0 Å². The molecule has 3 rings (SSSR count). The predicted molar refractivity (Wildman–Crippen MR) is 94.1 cm³/mol. The summed E-state index contributed by atoms with van der Waals surface area (Å²) in [5.41, 5.74) is 2.06. The maximum absolute atomic E-state index is 12.0. The Labute approximate surface area is 150 Å². The minimum absolute atomic E-state index is 0.0146. The molecule has 0 unspecified atom stereocenters. The number of aryl methyl sites for hydroxylation is 1. The lowest BCUT2D eigenvalue weighted by molar-refractivity contribution is -0.121. The fourth-order valence-electron chi connectivity index (χ4n) is 2.54. The first kappa shape index (κ1) is 16.9. The van der Waals surface area contributed by atoms with Gasteiger partial charge >= 0.3 is 0 Å². The van der Waals surface area contributed by atoms with Crippen LogP contribution in [0.15, 0.2) is 36.4 Å². The van der Waals surface area contributed by atoms with Gasteiger partial charge in [-0.05, 0) is 54.3 Å². The van der Waals surface area contributed by atoms with Gasteiger partial charge in [-0.15, -0.1) is 0 Å². The van der Waals surface area contributed by atoms with Gasteiger partial charge in [-0.1, -0.05) is 29.3 Å². The number of carbonyl (C=O) groups is 1. The Bertz CT molecular complexity index is 729. The molecule has 0 fully saturated rings. The number of rotatable bonds is 6. The van der Waals surface area contributed by atoms with Crippen LogP contribution in [0.25, 0.3) is 0 Å². The van der Waals surface area contributed by atoms with E-state index in [1.807, 2.05) is 30.3 Å². The molecule has 1 aliphatic heterocycles. The quantitative estimate of drug-likeness (QED) is 0.840. The average molecular weight is 366 g/mol. The van der Waals surface area contributed by atoms with E-state index in [0.717, 1.165) is 22.6 Å². The van der Waals surface area contributed by atoms with Gasteiger partial charge < -0.3 is 14.8 Å². The van der Waals surface area contributed by atoms with Crippen molar-refractivity contribution in [2.75, 3.05) is 13.3 Å². The van der Waals surface area contributed by atoms with Gasteiger partial charge in [0, 0.05) is 23.0 Å². The largest absolute Gasteiger partial charge is 0.454 e. The van der Waals surface area contributed by atoms with Gasteiger partial charge in [0.15, 0.2) is 11.5 Å². The van der Waals surface area contributed by atoms with E-state index >= 15 is 0 Å². The first-order valence-corrected chi connectivity index (χ1v) is 8.46. The Kier molecular flexibility index (Phi) is 5.48. The number of fused-ring (bicyclic) bond motifs is 1. The highest BCUT2D eigenvalue weighted by atomic mass is 35.5. The topological polar surface area (TPSA) is 47.6 Å². The van der Waals surface area contributed by atoms with Gasteiger partial charge in [0.2, 0.25) is 12.7 Å². The lowest BCUT2D eigenvalue weighted by Crippen LogP contribution is -2.25. The molecule has 4 nitrogen and oxygen atoms in total. The number of hydrogen-bond acceptors (Lipinski definition) is 3. The number of amides is 1. The number of benzene rings is 2. The first-order chi connectivity index (χ1) is 11.6. The van der Waals surface area contributed by atoms with Gasteiger partial charge in [-0.3, -0.25) is 4.79 Å². The maximum atomic E-state index is 12.0. The van der Waals surface area contributed by atoms with Crippen LogP contribution in [0.4, 0.5) is 0 Å². The van der Waals surface area contributed by atoms with Gasteiger partial charge in [0.1, 0.15) is 0 Å². The van der Waals surface area contributed by atoms with Crippen molar-refractivity contribution in [3.05, 3.63) is 57.6 Å². The molecule has 1 N–H and O–H groups in total. The first-order valence-electron chi connectivity index (χ1n) is 7.70. The fraction of sp³-hybridized carbons (Fsp3) is 0.278. The molecule has 1 amide bonds. The molecule has 126 valence electrons. The van der Waals surface area contributed by atoms with Crippen LogP contribution in [0.1, 0.15) is 17.5 Å². The van der Waals surface area contributed by atoms with Crippen LogP contribution < -0.4 is 14.8 Å². The third-order valence-electron chi connectivity index (χ3n) is 3.74. The van der Waals surface area contributed by atoms with Crippen LogP contribution in [0.5, 0.6) is 11.5 Å². The van der Waals surface area contributed by atoms with Crippen LogP contribution in [0, 0.1) is 0 Å². The highest BCUT2D eigenvalue weighted by molar-refractivity contribution is 6.34. The van der Waals surface area contributed by atoms with Crippen molar-refractivity contribution >= 4 is 29.1 Å². The van der Waals surface area contributed by atoms with Crippen LogP contribution >= 0.6 is 23.2 Å². The molecular weight excluding hydrogens is 349 g/mol. The van der Waals surface area contributed by atoms with Crippen molar-refractivity contribution in [1.29, 1.82) is 0 Å². The zero-order valence-electron chi connectivity index (χ0n) is 13.0. The zero-order valence-corrected chi connectivity index (χ0v) is 14.5. The average Bonchev–Trinajstić information content (AvgIpc) is 2.99. The third-order valence-corrected chi connectivity index (χ3v) is 4.17. The van der Waals surface area contributed by atoms with E-state index in [1.54, 1.807) is 6.07 Å². The molecule has 2 aromatic carbocycles. The second kappa shape index (κ2) is 7.77. The summed E-state index contributed by atoms with van der Waals surface area (Å²) in [4.78, 5) is 12.0. The Morgan fingerprint density at radius 1 is 0.958 bits per heavy atom. The van der Waals surface area contributed by atoms with E-state index in [2.05, 4.69) is 5.32 Å². The van der Waals surface area contributed by atoms with E-state index in [9.17, 15) is 4.79 Å². The second-order valence-corrected chi connectivity index (χ2v) is 6.44. The molecular formula is C18H17Cl2NO3. The summed E-state index contributed by atoms with van der Waals surface area (Å²) in [6.45, 7) is 0.809. The molecule has 0 spiro atoms. The molecule has 0 bridgehead atoms. The van der Waals surface area contributed by atoms with Crippen LogP contribution in [-0.2, 0) is 17.6 Å². The molecule has 0 saturated carbocycles. The highest BCUT2D eigenvalue weighted by Gasteiger charge is 2.13. The lowest BCUT2D eigenvalue weighted by atomic mass is 10.1. The highest BCUT2D eigenvalue weighted by Crippen LogP contribution is 2.32. The summed E-state index contributed by atoms with van der Waals surface area (Å²) < 4.78 is 10.6. The SMILES string of the molecule is O=C(CCc1ccc2c(c1)OCO2)NCCc1cc(Cl)cc(Cl)c1. The molecule has 2 aromatic rings. The van der Waals surface area contributed by atoms with Crippen molar-refractivity contribution in [1.82, 2.24) is 5.32 Å². The van der Waals surface area contributed by atoms with E-state index in [-0.39, 0.29) is 12.7 Å². The summed E-state index contributed by atoms with van der Waals surface area (Å²) >= 11 is 11.9. The van der Waals surface area contributed by atoms with Crippen molar-refractivity contribution in [2.24, 2.45) is 0 Å². The molecule has 0 radical (unpaired) electrons. The summed E-state index contributed by atoms with van der Waals surface area (Å²) in [5.74, 6) is 1.51. The molecule has 24 heavy (non-hydrogen) atoms. The lowest BCUT2D eigenvalue weighted by Gasteiger charge is -2.07. The molecule has 0 aliphatic carbocycles. The molecule has 1 aliphatic rings. The fourth-order valence-corrected chi connectivity index (χ4v) is 3.12. The van der Waals surface area contributed by atoms with E-state index < -0.39 is 0 Å². The number of carbonyl (C=O) groups excluding carboxylic acids is 1. The minimum Gasteiger partial charge on any atom is -0.454 e. The van der Waals surface area contributed by atoms with Gasteiger partial charge in [0.05, 0.1) is 0 Å². The van der Waals surface area contributed by atoms with Crippen molar-refractivity contribution < 1.29 is 14.3 Å². The Hall–Kier alpha value is -1.91. The molecule has 0 atom stereocenters. The van der Waals surface area contributed by atoms with E-state index in [0.29, 0.717) is 35.9 Å². The Morgan fingerprint density at radius 3 is 2.50 bits per heavy atom. The van der Waals surface area contributed by atoms with Crippen LogP contribution in [-0.4, -0.2) is 19.2 Å². The second-order valence-electron chi connectivity index (χ2n) is 5.57. The van der Waals surface area contributed by atoms with Crippen LogP contribution in [0.3, 0.4) is 0 Å². The third kappa shape index (κ3) is 4.56. The summed E-state index contributed by atoms with van der Waals surface area (Å²) in [5, 5.41) is 4.12. The standard InChI is InChI=1S/C18H17Cl2NO3/c19-14-7-13(8-15(20)10-14)5-6-21-18(22)4-2-12-1-3-16-17(9-12)24-11-23-16/h1,3,7-10H,2,4-6,11H2,(H,21,22). The van der Waals surface area contributed by atoms with Gasteiger partial charge in [-0.25, -0.2) is 0 Å². The minimum atomic E-state index is 0.0146. The number of halogens is 2. The van der Waals surface area contributed by atoms with Crippen molar-refractivity contribution in [2.45, 2.75) is 19.3 Å². The van der Waals surface area contributed by atoms with Crippen molar-refractivity contribution in [3.63, 3.8) is 0 Å². The number of nitrogens with one attached hydrogen (secondary N) is 1. The summed E-state index contributed by atoms with van der Waals surface area (Å²) in [6.07, 6.45) is 1.78. The molecule has 6 heteroatoms. The maximum Gasteiger partial charge on any atom is 0.231 e. The number of hydrogen-bond donors (Lipinski definition) is 1. The van der Waals surface area contributed by atoms with Crippen LogP contribution in [0.2, 0.25) is 10.0 Å². The zero-order chi connectivity index (χ0) is 16.9. The Morgan fingerprint density at radius 2 is 1.71 bits per heavy atom. The summed E-state index contributed by atoms with van der Waals surface area (Å²) in [6, 6.07) is 11.1. The summed E-state index contributed by atoms with van der Waals surface area (Å²) in [7, 11) is 0. The number of ether oxygens (including phenoxy) is 2. The molecule has 0 saturated heterocycles. The smallest absolute Gasteiger partial charge is 0.231 e.